The van der Waals surface area contributed by atoms with Crippen LogP contribution in [0.4, 0.5) is 0 Å². The van der Waals surface area contributed by atoms with Gasteiger partial charge in [-0.25, -0.2) is 8.42 Å². The Morgan fingerprint density at radius 2 is 1.67 bits per heavy atom. The fourth-order valence-corrected chi connectivity index (χ4v) is 4.85. The van der Waals surface area contributed by atoms with Gasteiger partial charge in [-0.1, -0.05) is 42.0 Å². The third-order valence-electron chi connectivity index (χ3n) is 5.05. The van der Waals surface area contributed by atoms with Gasteiger partial charge in [0.2, 0.25) is 10.0 Å². The number of aryl methyl sites for hydroxylation is 1. The minimum Gasteiger partial charge on any atom is -0.497 e. The number of methoxy groups -OCH3 is 1. The van der Waals surface area contributed by atoms with Gasteiger partial charge in [0.05, 0.1) is 12.9 Å². The van der Waals surface area contributed by atoms with Crippen LogP contribution in [0.5, 0.6) is 5.75 Å². The lowest BCUT2D eigenvalue weighted by Gasteiger charge is -2.34. The maximum Gasteiger partial charge on any atom is 0.218 e. The summed E-state index contributed by atoms with van der Waals surface area (Å²) in [6.45, 7) is 5.61. The van der Waals surface area contributed by atoms with Crippen molar-refractivity contribution in [3.8, 4) is 5.75 Å². The molecule has 0 spiro atoms. The van der Waals surface area contributed by atoms with E-state index in [-0.39, 0.29) is 5.75 Å². The van der Waals surface area contributed by atoms with E-state index in [4.69, 9.17) is 4.74 Å². The Labute approximate surface area is 162 Å². The lowest BCUT2D eigenvalue weighted by atomic mass is 10.1. The second-order valence-corrected chi connectivity index (χ2v) is 9.05. The quantitative estimate of drug-likeness (QED) is 0.732. The van der Waals surface area contributed by atoms with Crippen LogP contribution >= 0.6 is 0 Å². The molecule has 0 bridgehead atoms. The Morgan fingerprint density at radius 1 is 0.963 bits per heavy atom. The summed E-state index contributed by atoms with van der Waals surface area (Å²) in [4.78, 5) is 2.33. The highest BCUT2D eigenvalue weighted by atomic mass is 32.2. The SMILES string of the molecule is COc1cccc(CCN2CCN(S(=O)(=O)Cc3ccc(C)cc3)CC2)c1. The molecule has 0 aliphatic carbocycles. The van der Waals surface area contributed by atoms with E-state index < -0.39 is 10.0 Å². The van der Waals surface area contributed by atoms with Crippen LogP contribution in [0.15, 0.2) is 48.5 Å². The number of rotatable bonds is 7. The van der Waals surface area contributed by atoms with E-state index >= 15 is 0 Å². The molecule has 1 aliphatic heterocycles. The number of hydrogen-bond acceptors (Lipinski definition) is 4. The zero-order valence-electron chi connectivity index (χ0n) is 16.1. The maximum atomic E-state index is 12.7. The van der Waals surface area contributed by atoms with Gasteiger partial charge in [0.15, 0.2) is 0 Å². The zero-order chi connectivity index (χ0) is 19.3. The number of nitrogens with zero attached hydrogens (tertiary/aromatic N) is 2. The van der Waals surface area contributed by atoms with Crippen LogP contribution in [-0.4, -0.2) is 57.5 Å². The largest absolute Gasteiger partial charge is 0.497 e. The number of benzene rings is 2. The molecule has 146 valence electrons. The van der Waals surface area contributed by atoms with E-state index in [1.165, 1.54) is 5.56 Å². The monoisotopic (exact) mass is 388 g/mol. The fourth-order valence-electron chi connectivity index (χ4n) is 3.33. The minimum atomic E-state index is -3.26. The molecule has 0 saturated carbocycles. The molecule has 0 aromatic heterocycles. The van der Waals surface area contributed by atoms with E-state index in [1.807, 2.05) is 43.3 Å². The van der Waals surface area contributed by atoms with Crippen molar-refractivity contribution < 1.29 is 13.2 Å². The van der Waals surface area contributed by atoms with Gasteiger partial charge in [-0.05, 0) is 36.6 Å². The third kappa shape index (κ3) is 5.54. The normalized spacial score (nSPS) is 16.4. The van der Waals surface area contributed by atoms with Crippen LogP contribution in [0.1, 0.15) is 16.7 Å². The molecule has 0 atom stereocenters. The second-order valence-electron chi connectivity index (χ2n) is 7.08. The number of hydrogen-bond donors (Lipinski definition) is 0. The summed E-state index contributed by atoms with van der Waals surface area (Å²) in [7, 11) is -1.58. The van der Waals surface area contributed by atoms with E-state index in [0.29, 0.717) is 13.1 Å². The maximum absolute atomic E-state index is 12.7. The molecule has 2 aromatic rings. The number of piperazine rings is 1. The molecule has 0 N–H and O–H groups in total. The molecule has 0 unspecified atom stereocenters. The molecular formula is C21H28N2O3S. The first kappa shape index (κ1) is 19.9. The van der Waals surface area contributed by atoms with E-state index in [1.54, 1.807) is 11.4 Å². The van der Waals surface area contributed by atoms with Crippen LogP contribution in [0.3, 0.4) is 0 Å². The summed E-state index contributed by atoms with van der Waals surface area (Å²) in [5.41, 5.74) is 3.23. The Hall–Kier alpha value is -1.89. The van der Waals surface area contributed by atoms with Gasteiger partial charge in [-0.2, -0.15) is 4.31 Å². The Morgan fingerprint density at radius 3 is 2.33 bits per heavy atom. The van der Waals surface area contributed by atoms with Crippen molar-refractivity contribution in [1.82, 2.24) is 9.21 Å². The highest BCUT2D eigenvalue weighted by Gasteiger charge is 2.26. The van der Waals surface area contributed by atoms with Gasteiger partial charge in [-0.3, -0.25) is 0 Å². The molecular weight excluding hydrogens is 360 g/mol. The van der Waals surface area contributed by atoms with Crippen molar-refractivity contribution in [2.45, 2.75) is 19.1 Å². The van der Waals surface area contributed by atoms with Crippen molar-refractivity contribution in [2.75, 3.05) is 39.8 Å². The van der Waals surface area contributed by atoms with Gasteiger partial charge < -0.3 is 9.64 Å². The van der Waals surface area contributed by atoms with Gasteiger partial charge in [0.25, 0.3) is 0 Å². The summed E-state index contributed by atoms with van der Waals surface area (Å²) >= 11 is 0. The Bertz CT molecular complexity index is 842. The molecule has 27 heavy (non-hydrogen) atoms. The smallest absolute Gasteiger partial charge is 0.218 e. The molecule has 5 nitrogen and oxygen atoms in total. The summed E-state index contributed by atoms with van der Waals surface area (Å²) < 4.78 is 32.3. The molecule has 0 radical (unpaired) electrons. The highest BCUT2D eigenvalue weighted by Crippen LogP contribution is 2.16. The van der Waals surface area contributed by atoms with E-state index in [9.17, 15) is 8.42 Å². The number of sulfonamides is 1. The standard InChI is InChI=1S/C21H28N2O3S/c1-18-6-8-20(9-7-18)17-27(24,25)23-14-12-22(13-15-23)11-10-19-4-3-5-21(16-19)26-2/h3-9,16H,10-15,17H2,1-2H3. The molecule has 2 aromatic carbocycles. The summed E-state index contributed by atoms with van der Waals surface area (Å²) in [5, 5.41) is 0. The zero-order valence-corrected chi connectivity index (χ0v) is 16.9. The molecule has 3 rings (SSSR count). The summed E-state index contributed by atoms with van der Waals surface area (Å²) in [6, 6.07) is 15.8. The van der Waals surface area contributed by atoms with E-state index in [0.717, 1.165) is 42.9 Å². The van der Waals surface area contributed by atoms with Crippen molar-refractivity contribution in [2.24, 2.45) is 0 Å². The van der Waals surface area contributed by atoms with Gasteiger partial charge in [-0.15, -0.1) is 0 Å². The second kappa shape index (κ2) is 8.87. The van der Waals surface area contributed by atoms with Crippen molar-refractivity contribution in [1.29, 1.82) is 0 Å². The average Bonchev–Trinajstić information content (AvgIpc) is 2.68. The fraction of sp³-hybridized carbons (Fsp3) is 0.429. The summed E-state index contributed by atoms with van der Waals surface area (Å²) in [6.07, 6.45) is 0.938. The molecule has 6 heteroatoms. The van der Waals surface area contributed by atoms with Crippen LogP contribution in [0.25, 0.3) is 0 Å². The lowest BCUT2D eigenvalue weighted by molar-refractivity contribution is 0.190. The molecule has 0 amide bonds. The Balaban J connectivity index is 1.49. The van der Waals surface area contributed by atoms with Crippen molar-refractivity contribution in [3.63, 3.8) is 0 Å². The van der Waals surface area contributed by atoms with Crippen LogP contribution in [0.2, 0.25) is 0 Å². The van der Waals surface area contributed by atoms with Crippen molar-refractivity contribution >= 4 is 10.0 Å². The molecule has 1 heterocycles. The van der Waals surface area contributed by atoms with Crippen molar-refractivity contribution in [3.05, 3.63) is 65.2 Å². The van der Waals surface area contributed by atoms with E-state index in [2.05, 4.69) is 17.0 Å². The first-order valence-electron chi connectivity index (χ1n) is 9.35. The van der Waals surface area contributed by atoms with Gasteiger partial charge in [0, 0.05) is 32.7 Å². The van der Waals surface area contributed by atoms with Crippen LogP contribution in [-0.2, 0) is 22.2 Å². The molecule has 1 fully saturated rings. The predicted octanol–water partition coefficient (Wildman–Crippen LogP) is 2.69. The molecule has 1 aliphatic rings. The van der Waals surface area contributed by atoms with Crippen LogP contribution < -0.4 is 4.74 Å². The summed E-state index contributed by atoms with van der Waals surface area (Å²) in [5.74, 6) is 0.955. The topological polar surface area (TPSA) is 49.9 Å². The third-order valence-corrected chi connectivity index (χ3v) is 6.90. The van der Waals surface area contributed by atoms with Gasteiger partial charge in [0.1, 0.15) is 5.75 Å². The van der Waals surface area contributed by atoms with Crippen LogP contribution in [0, 0.1) is 6.92 Å². The molecule has 1 saturated heterocycles. The highest BCUT2D eigenvalue weighted by molar-refractivity contribution is 7.88. The first-order valence-corrected chi connectivity index (χ1v) is 11.0. The Kier molecular flexibility index (Phi) is 6.52. The lowest BCUT2D eigenvalue weighted by Crippen LogP contribution is -2.49. The van der Waals surface area contributed by atoms with Gasteiger partial charge >= 0.3 is 0 Å². The average molecular weight is 389 g/mol. The number of ether oxygens (including phenoxy) is 1. The predicted molar refractivity (Wildman–Crippen MR) is 109 cm³/mol. The first-order chi connectivity index (χ1) is 13.0. The minimum absolute atomic E-state index is 0.0804.